The highest BCUT2D eigenvalue weighted by Crippen LogP contribution is 2.68. The number of sulfonamides is 1. The SMILES string of the molecule is C[C@H](CNS(C)(=O)=O)[C@H]1CCC2C3CC[C@H]4C[C@@H](NCCN)CC[C@]4(C)C3CC[C@@]21C. The van der Waals surface area contributed by atoms with Gasteiger partial charge in [0.25, 0.3) is 0 Å². The van der Waals surface area contributed by atoms with E-state index in [9.17, 15) is 8.42 Å². The molecule has 0 aliphatic heterocycles. The maximum atomic E-state index is 11.6. The van der Waals surface area contributed by atoms with Gasteiger partial charge in [-0.05, 0) is 104 Å². The molecular formula is C25H47N3O2S. The van der Waals surface area contributed by atoms with Crippen molar-refractivity contribution in [1.82, 2.24) is 10.0 Å². The Labute approximate surface area is 191 Å². The Morgan fingerprint density at radius 1 is 1.00 bits per heavy atom. The molecule has 180 valence electrons. The highest BCUT2D eigenvalue weighted by molar-refractivity contribution is 7.88. The molecule has 0 radical (unpaired) electrons. The quantitative estimate of drug-likeness (QED) is 0.548. The van der Waals surface area contributed by atoms with Crippen LogP contribution in [0.4, 0.5) is 0 Å². The summed E-state index contributed by atoms with van der Waals surface area (Å²) in [4.78, 5) is 0. The van der Waals surface area contributed by atoms with E-state index in [2.05, 4.69) is 30.8 Å². The summed E-state index contributed by atoms with van der Waals surface area (Å²) >= 11 is 0. The van der Waals surface area contributed by atoms with Gasteiger partial charge in [-0.1, -0.05) is 20.8 Å². The molecule has 5 nitrogen and oxygen atoms in total. The van der Waals surface area contributed by atoms with E-state index in [4.69, 9.17) is 5.73 Å². The number of fused-ring (bicyclic) bond motifs is 5. The predicted molar refractivity (Wildman–Crippen MR) is 128 cm³/mol. The molecule has 3 unspecified atom stereocenters. The molecule has 0 spiro atoms. The summed E-state index contributed by atoms with van der Waals surface area (Å²) in [5.74, 6) is 4.54. The Morgan fingerprint density at radius 2 is 1.71 bits per heavy atom. The zero-order valence-corrected chi connectivity index (χ0v) is 21.1. The van der Waals surface area contributed by atoms with Crippen molar-refractivity contribution >= 4 is 10.0 Å². The first-order valence-corrected chi connectivity index (χ1v) is 14.9. The molecule has 4 saturated carbocycles. The Balaban J connectivity index is 1.45. The standard InChI is InChI=1S/C25H47N3O2S/c1-17(16-28-31(4,29)30)21-7-8-22-20-6-5-18-15-19(27-14-13-26)9-11-24(18,2)23(20)10-12-25(21,22)3/h17-23,27-28H,5-16,26H2,1-4H3/t17-,18+,19+,20?,21-,22?,23?,24+,25-/m1/s1. The van der Waals surface area contributed by atoms with Gasteiger partial charge in [0.05, 0.1) is 6.26 Å². The molecule has 0 amide bonds. The third-order valence-corrected chi connectivity index (χ3v) is 11.4. The molecule has 0 aromatic rings. The molecule has 0 bridgehead atoms. The van der Waals surface area contributed by atoms with Crippen LogP contribution in [0.1, 0.15) is 78.6 Å². The van der Waals surface area contributed by atoms with Gasteiger partial charge in [0, 0.05) is 25.7 Å². The maximum absolute atomic E-state index is 11.6. The Hall–Kier alpha value is -0.170. The van der Waals surface area contributed by atoms with Gasteiger partial charge in [-0.15, -0.1) is 0 Å². The van der Waals surface area contributed by atoms with Crippen LogP contribution in [-0.4, -0.2) is 40.3 Å². The number of nitrogens with one attached hydrogen (secondary N) is 2. The Bertz CT molecular complexity index is 743. The molecule has 9 atom stereocenters. The van der Waals surface area contributed by atoms with Crippen LogP contribution in [0.3, 0.4) is 0 Å². The van der Waals surface area contributed by atoms with Crippen LogP contribution in [0.15, 0.2) is 0 Å². The summed E-state index contributed by atoms with van der Waals surface area (Å²) in [6, 6.07) is 0.672. The van der Waals surface area contributed by atoms with Crippen LogP contribution in [-0.2, 0) is 10.0 Å². The first kappa shape index (κ1) is 24.0. The predicted octanol–water partition coefficient (Wildman–Crippen LogP) is 3.75. The summed E-state index contributed by atoms with van der Waals surface area (Å²) < 4.78 is 26.0. The summed E-state index contributed by atoms with van der Waals surface area (Å²) in [5, 5.41) is 3.70. The van der Waals surface area contributed by atoms with Crippen molar-refractivity contribution in [2.75, 3.05) is 25.9 Å². The second-order valence-corrected chi connectivity index (χ2v) is 14.0. The number of rotatable bonds is 7. The summed E-state index contributed by atoms with van der Waals surface area (Å²) in [5.41, 5.74) is 6.64. The molecule has 0 saturated heterocycles. The summed E-state index contributed by atoms with van der Waals surface area (Å²) in [6.45, 7) is 9.76. The Kier molecular flexibility index (Phi) is 6.87. The van der Waals surface area contributed by atoms with E-state index in [1.54, 1.807) is 0 Å². The topological polar surface area (TPSA) is 84.2 Å². The van der Waals surface area contributed by atoms with Crippen molar-refractivity contribution in [3.05, 3.63) is 0 Å². The second kappa shape index (κ2) is 8.88. The van der Waals surface area contributed by atoms with Gasteiger partial charge >= 0.3 is 0 Å². The van der Waals surface area contributed by atoms with Gasteiger partial charge in [-0.2, -0.15) is 0 Å². The lowest BCUT2D eigenvalue weighted by molar-refractivity contribution is -0.117. The molecular weight excluding hydrogens is 406 g/mol. The number of nitrogens with two attached hydrogens (primary N) is 1. The van der Waals surface area contributed by atoms with Gasteiger partial charge < -0.3 is 11.1 Å². The normalized spacial score (nSPS) is 46.1. The van der Waals surface area contributed by atoms with Gasteiger partial charge in [-0.3, -0.25) is 0 Å². The van der Waals surface area contributed by atoms with E-state index in [1.807, 2.05) is 0 Å². The average Bonchev–Trinajstić information content (AvgIpc) is 3.07. The van der Waals surface area contributed by atoms with Crippen LogP contribution < -0.4 is 15.8 Å². The van der Waals surface area contributed by atoms with Crippen molar-refractivity contribution in [2.45, 2.75) is 84.6 Å². The third-order valence-electron chi connectivity index (χ3n) is 10.7. The summed E-state index contributed by atoms with van der Waals surface area (Å²) in [7, 11) is -3.11. The first-order valence-electron chi connectivity index (χ1n) is 13.0. The van der Waals surface area contributed by atoms with Crippen LogP contribution in [0.2, 0.25) is 0 Å². The van der Waals surface area contributed by atoms with Crippen molar-refractivity contribution in [1.29, 1.82) is 0 Å². The fourth-order valence-corrected chi connectivity index (χ4v) is 9.70. The molecule has 0 heterocycles. The highest BCUT2D eigenvalue weighted by Gasteiger charge is 2.60. The number of hydrogen-bond donors (Lipinski definition) is 3. The smallest absolute Gasteiger partial charge is 0.208 e. The average molecular weight is 454 g/mol. The van der Waals surface area contributed by atoms with Crippen LogP contribution in [0.5, 0.6) is 0 Å². The number of hydrogen-bond acceptors (Lipinski definition) is 4. The lowest BCUT2D eigenvalue weighted by atomic mass is 9.44. The van der Waals surface area contributed by atoms with Gasteiger partial charge in [-0.25, -0.2) is 13.1 Å². The minimum Gasteiger partial charge on any atom is -0.329 e. The molecule has 0 aromatic heterocycles. The first-order chi connectivity index (χ1) is 14.6. The zero-order valence-electron chi connectivity index (χ0n) is 20.3. The molecule has 31 heavy (non-hydrogen) atoms. The van der Waals surface area contributed by atoms with E-state index in [-0.39, 0.29) is 0 Å². The molecule has 4 N–H and O–H groups in total. The molecule has 4 aliphatic rings. The van der Waals surface area contributed by atoms with E-state index in [0.29, 0.717) is 35.3 Å². The fourth-order valence-electron chi connectivity index (χ4n) is 9.13. The largest absolute Gasteiger partial charge is 0.329 e. The van der Waals surface area contributed by atoms with Crippen molar-refractivity contribution in [3.8, 4) is 0 Å². The third kappa shape index (κ3) is 4.48. The Morgan fingerprint density at radius 3 is 2.42 bits per heavy atom. The lowest BCUT2D eigenvalue weighted by Crippen LogP contribution is -2.55. The fraction of sp³-hybridized carbons (Fsp3) is 1.00. The molecule has 6 heteroatoms. The lowest BCUT2D eigenvalue weighted by Gasteiger charge is -2.61. The van der Waals surface area contributed by atoms with E-state index in [0.717, 1.165) is 36.8 Å². The maximum Gasteiger partial charge on any atom is 0.208 e. The van der Waals surface area contributed by atoms with Gasteiger partial charge in [0.1, 0.15) is 0 Å². The minimum absolute atomic E-state index is 0.392. The molecule has 4 fully saturated rings. The molecule has 4 aliphatic carbocycles. The minimum atomic E-state index is -3.11. The molecule has 0 aromatic carbocycles. The van der Waals surface area contributed by atoms with Crippen molar-refractivity contribution in [3.63, 3.8) is 0 Å². The van der Waals surface area contributed by atoms with E-state index >= 15 is 0 Å². The van der Waals surface area contributed by atoms with Gasteiger partial charge in [0.2, 0.25) is 10.0 Å². The second-order valence-electron chi connectivity index (χ2n) is 12.2. The van der Waals surface area contributed by atoms with Crippen molar-refractivity contribution < 1.29 is 8.42 Å². The zero-order chi connectivity index (χ0) is 22.4. The van der Waals surface area contributed by atoms with Gasteiger partial charge in [0.15, 0.2) is 0 Å². The summed E-state index contributed by atoms with van der Waals surface area (Å²) in [6.07, 6.45) is 13.5. The van der Waals surface area contributed by atoms with Crippen molar-refractivity contribution in [2.24, 2.45) is 52.1 Å². The van der Waals surface area contributed by atoms with Crippen LogP contribution in [0.25, 0.3) is 0 Å². The molecule has 4 rings (SSSR count). The monoisotopic (exact) mass is 453 g/mol. The van der Waals surface area contributed by atoms with E-state index < -0.39 is 10.0 Å². The van der Waals surface area contributed by atoms with Crippen LogP contribution in [0, 0.1) is 46.3 Å². The van der Waals surface area contributed by atoms with E-state index in [1.165, 1.54) is 64.0 Å². The van der Waals surface area contributed by atoms with Crippen LogP contribution >= 0.6 is 0 Å². The highest BCUT2D eigenvalue weighted by atomic mass is 32.2.